The van der Waals surface area contributed by atoms with Crippen LogP contribution in [0.15, 0.2) is 22.7 Å². The smallest absolute Gasteiger partial charge is 0.151 e. The van der Waals surface area contributed by atoms with Crippen LogP contribution in [0.4, 0.5) is 5.69 Å². The molecule has 16 heavy (non-hydrogen) atoms. The maximum absolute atomic E-state index is 10.7. The standard InChI is InChI=1S/C12H16BrNO2/c1-2-14(6-3-7-15)11-5-4-10(9-16)12(13)8-11/h4-5,8-9,15H,2-3,6-7H2,1H3. The third-order valence-electron chi connectivity index (χ3n) is 2.44. The Morgan fingerprint density at radius 3 is 2.75 bits per heavy atom. The summed E-state index contributed by atoms with van der Waals surface area (Å²) in [5.41, 5.74) is 1.72. The van der Waals surface area contributed by atoms with Gasteiger partial charge in [-0.2, -0.15) is 0 Å². The molecule has 0 saturated carbocycles. The monoisotopic (exact) mass is 285 g/mol. The van der Waals surface area contributed by atoms with Crippen molar-refractivity contribution < 1.29 is 9.90 Å². The first kappa shape index (κ1) is 13.2. The molecule has 0 aliphatic rings. The zero-order chi connectivity index (χ0) is 12.0. The summed E-state index contributed by atoms with van der Waals surface area (Å²) in [6, 6.07) is 5.66. The van der Waals surface area contributed by atoms with E-state index in [1.165, 1.54) is 0 Å². The highest BCUT2D eigenvalue weighted by atomic mass is 79.9. The summed E-state index contributed by atoms with van der Waals surface area (Å²) in [6.45, 7) is 3.97. The first-order valence-electron chi connectivity index (χ1n) is 5.33. The van der Waals surface area contributed by atoms with Gasteiger partial charge in [-0.1, -0.05) is 0 Å². The Kier molecular flexibility index (Phi) is 5.49. The van der Waals surface area contributed by atoms with E-state index in [-0.39, 0.29) is 6.61 Å². The Bertz CT molecular complexity index is 355. The van der Waals surface area contributed by atoms with E-state index in [2.05, 4.69) is 27.8 Å². The fraction of sp³-hybridized carbons (Fsp3) is 0.417. The number of hydrogen-bond acceptors (Lipinski definition) is 3. The summed E-state index contributed by atoms with van der Waals surface area (Å²) >= 11 is 3.37. The van der Waals surface area contributed by atoms with Crippen LogP contribution < -0.4 is 4.90 Å². The number of halogens is 1. The van der Waals surface area contributed by atoms with Crippen LogP contribution in [0.2, 0.25) is 0 Å². The van der Waals surface area contributed by atoms with Gasteiger partial charge < -0.3 is 10.0 Å². The van der Waals surface area contributed by atoms with Gasteiger partial charge in [-0.05, 0) is 47.5 Å². The molecule has 1 N–H and O–H groups in total. The quantitative estimate of drug-likeness (QED) is 0.817. The van der Waals surface area contributed by atoms with Gasteiger partial charge in [0.05, 0.1) is 0 Å². The van der Waals surface area contributed by atoms with Gasteiger partial charge in [-0.15, -0.1) is 0 Å². The van der Waals surface area contributed by atoms with E-state index < -0.39 is 0 Å². The van der Waals surface area contributed by atoms with Gasteiger partial charge in [0.15, 0.2) is 6.29 Å². The molecule has 0 aromatic heterocycles. The lowest BCUT2D eigenvalue weighted by molar-refractivity contribution is 0.112. The number of anilines is 1. The highest BCUT2D eigenvalue weighted by Gasteiger charge is 2.06. The molecule has 0 unspecified atom stereocenters. The van der Waals surface area contributed by atoms with Crippen LogP contribution in [-0.2, 0) is 0 Å². The van der Waals surface area contributed by atoms with Crippen LogP contribution >= 0.6 is 15.9 Å². The number of carbonyl (C=O) groups is 1. The molecule has 1 rings (SSSR count). The Hall–Kier alpha value is -0.870. The molecule has 0 heterocycles. The number of rotatable bonds is 6. The predicted molar refractivity (Wildman–Crippen MR) is 69.1 cm³/mol. The molecule has 0 spiro atoms. The van der Waals surface area contributed by atoms with E-state index in [1.54, 1.807) is 6.07 Å². The molecule has 4 heteroatoms. The largest absolute Gasteiger partial charge is 0.396 e. The summed E-state index contributed by atoms with van der Waals surface area (Å²) in [7, 11) is 0. The predicted octanol–water partition coefficient (Wildman–Crippen LogP) is 2.47. The van der Waals surface area contributed by atoms with Gasteiger partial charge in [0, 0.05) is 35.4 Å². The van der Waals surface area contributed by atoms with Crippen molar-refractivity contribution in [2.45, 2.75) is 13.3 Å². The first-order chi connectivity index (χ1) is 7.72. The van der Waals surface area contributed by atoms with Crippen molar-refractivity contribution in [1.29, 1.82) is 0 Å². The maximum atomic E-state index is 10.7. The van der Waals surface area contributed by atoms with Crippen LogP contribution in [-0.4, -0.2) is 31.1 Å². The minimum atomic E-state index is 0.199. The van der Waals surface area contributed by atoms with E-state index >= 15 is 0 Å². The maximum Gasteiger partial charge on any atom is 0.151 e. The van der Waals surface area contributed by atoms with Gasteiger partial charge in [-0.25, -0.2) is 0 Å². The third kappa shape index (κ3) is 3.32. The van der Waals surface area contributed by atoms with Gasteiger partial charge >= 0.3 is 0 Å². The molecule has 0 fully saturated rings. The lowest BCUT2D eigenvalue weighted by Gasteiger charge is -2.23. The van der Waals surface area contributed by atoms with Gasteiger partial charge in [0.25, 0.3) is 0 Å². The Labute approximate surface area is 104 Å². The Balaban J connectivity index is 2.84. The van der Waals surface area contributed by atoms with Crippen molar-refractivity contribution in [2.75, 3.05) is 24.6 Å². The number of hydrogen-bond donors (Lipinski definition) is 1. The number of carbonyl (C=O) groups excluding carboxylic acids is 1. The zero-order valence-electron chi connectivity index (χ0n) is 9.32. The molecule has 0 radical (unpaired) electrons. The summed E-state index contributed by atoms with van der Waals surface area (Å²) < 4.78 is 0.808. The van der Waals surface area contributed by atoms with Crippen molar-refractivity contribution in [3.8, 4) is 0 Å². The lowest BCUT2D eigenvalue weighted by Crippen LogP contribution is -2.24. The molecule has 0 amide bonds. The number of aliphatic hydroxyl groups is 1. The number of aliphatic hydroxyl groups excluding tert-OH is 1. The van der Waals surface area contributed by atoms with Crippen molar-refractivity contribution in [2.24, 2.45) is 0 Å². The minimum Gasteiger partial charge on any atom is -0.396 e. The molecule has 0 bridgehead atoms. The average Bonchev–Trinajstić information content (AvgIpc) is 2.30. The molecule has 0 saturated heterocycles. The molecule has 88 valence electrons. The van der Waals surface area contributed by atoms with Gasteiger partial charge in [0.2, 0.25) is 0 Å². The van der Waals surface area contributed by atoms with Crippen LogP contribution in [0.1, 0.15) is 23.7 Å². The number of benzene rings is 1. The van der Waals surface area contributed by atoms with Crippen LogP contribution in [0, 0.1) is 0 Å². The van der Waals surface area contributed by atoms with E-state index in [4.69, 9.17) is 5.11 Å². The Morgan fingerprint density at radius 2 is 2.25 bits per heavy atom. The molecular formula is C12H16BrNO2. The summed E-state index contributed by atoms with van der Waals surface area (Å²) in [6.07, 6.45) is 1.58. The zero-order valence-corrected chi connectivity index (χ0v) is 10.9. The second-order valence-corrected chi connectivity index (χ2v) is 4.33. The second-order valence-electron chi connectivity index (χ2n) is 3.48. The normalized spacial score (nSPS) is 10.2. The summed E-state index contributed by atoms with van der Waals surface area (Å²) in [5, 5.41) is 8.81. The van der Waals surface area contributed by atoms with E-state index in [9.17, 15) is 4.79 Å². The molecule has 1 aromatic rings. The molecule has 1 aromatic carbocycles. The van der Waals surface area contributed by atoms with Crippen LogP contribution in [0.5, 0.6) is 0 Å². The molecular weight excluding hydrogens is 270 g/mol. The SMILES string of the molecule is CCN(CCCO)c1ccc(C=O)c(Br)c1. The molecule has 3 nitrogen and oxygen atoms in total. The summed E-state index contributed by atoms with van der Waals surface area (Å²) in [4.78, 5) is 12.8. The van der Waals surface area contributed by atoms with E-state index in [0.717, 1.165) is 36.0 Å². The second kappa shape index (κ2) is 6.66. The fourth-order valence-electron chi connectivity index (χ4n) is 1.54. The van der Waals surface area contributed by atoms with Crippen LogP contribution in [0.25, 0.3) is 0 Å². The van der Waals surface area contributed by atoms with E-state index in [1.807, 2.05) is 12.1 Å². The van der Waals surface area contributed by atoms with Crippen molar-refractivity contribution in [3.05, 3.63) is 28.2 Å². The highest BCUT2D eigenvalue weighted by Crippen LogP contribution is 2.23. The van der Waals surface area contributed by atoms with Gasteiger partial charge in [0.1, 0.15) is 0 Å². The van der Waals surface area contributed by atoms with Crippen molar-refractivity contribution in [1.82, 2.24) is 0 Å². The van der Waals surface area contributed by atoms with E-state index in [0.29, 0.717) is 5.56 Å². The fourth-order valence-corrected chi connectivity index (χ4v) is 2.00. The van der Waals surface area contributed by atoms with Crippen LogP contribution in [0.3, 0.4) is 0 Å². The average molecular weight is 286 g/mol. The molecule has 0 aliphatic heterocycles. The third-order valence-corrected chi connectivity index (χ3v) is 3.13. The number of nitrogens with zero attached hydrogens (tertiary/aromatic N) is 1. The lowest BCUT2D eigenvalue weighted by atomic mass is 10.2. The molecule has 0 atom stereocenters. The minimum absolute atomic E-state index is 0.199. The summed E-state index contributed by atoms with van der Waals surface area (Å²) in [5.74, 6) is 0. The number of aldehydes is 1. The molecule has 0 aliphatic carbocycles. The highest BCUT2D eigenvalue weighted by molar-refractivity contribution is 9.10. The topological polar surface area (TPSA) is 40.5 Å². The van der Waals surface area contributed by atoms with Crippen molar-refractivity contribution >= 4 is 27.9 Å². The Morgan fingerprint density at radius 1 is 1.50 bits per heavy atom. The first-order valence-corrected chi connectivity index (χ1v) is 6.12. The van der Waals surface area contributed by atoms with Crippen molar-refractivity contribution in [3.63, 3.8) is 0 Å². The van der Waals surface area contributed by atoms with Gasteiger partial charge in [-0.3, -0.25) is 4.79 Å².